The van der Waals surface area contributed by atoms with Crippen molar-refractivity contribution in [1.82, 2.24) is 4.57 Å². The molecule has 0 radical (unpaired) electrons. The molecule has 0 aliphatic carbocycles. The molecule has 0 saturated carbocycles. The lowest BCUT2D eigenvalue weighted by Crippen LogP contribution is -2.17. The van der Waals surface area contributed by atoms with Crippen LogP contribution in [0.4, 0.5) is 5.69 Å². The van der Waals surface area contributed by atoms with Crippen molar-refractivity contribution in [2.45, 2.75) is 19.4 Å². The molecule has 98 valence electrons. The molecule has 0 aliphatic rings. The van der Waals surface area contributed by atoms with E-state index in [-0.39, 0.29) is 0 Å². The van der Waals surface area contributed by atoms with E-state index in [0.29, 0.717) is 16.9 Å². The Balaban J connectivity index is 2.59. The summed E-state index contributed by atoms with van der Waals surface area (Å²) in [5.41, 5.74) is 8.59. The van der Waals surface area contributed by atoms with Crippen LogP contribution in [-0.2, 0) is 12.6 Å². The van der Waals surface area contributed by atoms with Gasteiger partial charge in [0.05, 0.1) is 5.60 Å². The zero-order valence-electron chi connectivity index (χ0n) is 11.3. The van der Waals surface area contributed by atoms with Gasteiger partial charge in [0.2, 0.25) is 0 Å². The Hall–Kier alpha value is -2.25. The maximum atomic E-state index is 10.1. The molecular formula is C15H17N3O. The maximum Gasteiger partial charge on any atom is 0.120 e. The van der Waals surface area contributed by atoms with Crippen molar-refractivity contribution < 1.29 is 5.11 Å². The summed E-state index contributed by atoms with van der Waals surface area (Å²) in [5.74, 6) is 0. The highest BCUT2D eigenvalue weighted by Crippen LogP contribution is 2.31. The second kappa shape index (κ2) is 4.45. The molecule has 0 fully saturated rings. The number of benzene rings is 1. The van der Waals surface area contributed by atoms with E-state index in [9.17, 15) is 5.11 Å². The average molecular weight is 255 g/mol. The van der Waals surface area contributed by atoms with Gasteiger partial charge in [-0.1, -0.05) is 6.07 Å². The second-order valence-corrected chi connectivity index (χ2v) is 5.14. The molecule has 0 spiro atoms. The maximum absolute atomic E-state index is 10.1. The first-order valence-corrected chi connectivity index (χ1v) is 6.03. The van der Waals surface area contributed by atoms with Crippen molar-refractivity contribution in [3.8, 4) is 17.3 Å². The number of aromatic nitrogens is 1. The monoisotopic (exact) mass is 255 g/mol. The summed E-state index contributed by atoms with van der Waals surface area (Å²) >= 11 is 0. The number of aliphatic hydroxyl groups is 1. The van der Waals surface area contributed by atoms with E-state index in [1.54, 1.807) is 26.0 Å². The smallest absolute Gasteiger partial charge is 0.120 e. The predicted molar refractivity (Wildman–Crippen MR) is 75.2 cm³/mol. The van der Waals surface area contributed by atoms with Crippen LogP contribution in [0, 0.1) is 11.3 Å². The first-order chi connectivity index (χ1) is 8.84. The molecule has 1 aromatic heterocycles. The van der Waals surface area contributed by atoms with Gasteiger partial charge < -0.3 is 15.4 Å². The Kier molecular flexibility index (Phi) is 3.09. The van der Waals surface area contributed by atoms with E-state index < -0.39 is 5.60 Å². The van der Waals surface area contributed by atoms with Crippen LogP contribution < -0.4 is 5.73 Å². The van der Waals surface area contributed by atoms with Gasteiger partial charge in [-0.2, -0.15) is 5.26 Å². The van der Waals surface area contributed by atoms with Crippen molar-refractivity contribution >= 4 is 5.69 Å². The third-order valence-electron chi connectivity index (χ3n) is 3.24. The van der Waals surface area contributed by atoms with Crippen molar-refractivity contribution in [3.63, 3.8) is 0 Å². The summed E-state index contributed by atoms with van der Waals surface area (Å²) in [6.45, 7) is 3.41. The molecule has 4 nitrogen and oxygen atoms in total. The van der Waals surface area contributed by atoms with E-state index in [4.69, 9.17) is 11.0 Å². The minimum absolute atomic E-state index is 0.561. The Morgan fingerprint density at radius 3 is 2.47 bits per heavy atom. The summed E-state index contributed by atoms with van der Waals surface area (Å²) in [4.78, 5) is 0. The van der Waals surface area contributed by atoms with Crippen LogP contribution in [0.25, 0.3) is 11.3 Å². The van der Waals surface area contributed by atoms with Crippen LogP contribution in [0.1, 0.15) is 25.1 Å². The van der Waals surface area contributed by atoms with Gasteiger partial charge in [0.15, 0.2) is 0 Å². The number of anilines is 1. The number of hydrogen-bond donors (Lipinski definition) is 2. The molecule has 4 heteroatoms. The highest BCUT2D eigenvalue weighted by atomic mass is 16.3. The number of hydrogen-bond acceptors (Lipinski definition) is 3. The van der Waals surface area contributed by atoms with Crippen LogP contribution >= 0.6 is 0 Å². The minimum atomic E-state index is -0.997. The lowest BCUT2D eigenvalue weighted by atomic mass is 9.94. The van der Waals surface area contributed by atoms with Crippen LogP contribution in [0.3, 0.4) is 0 Å². The van der Waals surface area contributed by atoms with E-state index >= 15 is 0 Å². The molecule has 0 saturated heterocycles. The number of rotatable bonds is 2. The molecular weight excluding hydrogens is 238 g/mol. The van der Waals surface area contributed by atoms with Crippen molar-refractivity contribution in [1.29, 1.82) is 5.26 Å². The molecule has 3 N–H and O–H groups in total. The topological polar surface area (TPSA) is 75.0 Å². The third kappa shape index (κ3) is 2.33. The van der Waals surface area contributed by atoms with Gasteiger partial charge in [-0.15, -0.1) is 0 Å². The molecule has 0 unspecified atom stereocenters. The quantitative estimate of drug-likeness (QED) is 0.809. The van der Waals surface area contributed by atoms with Gasteiger partial charge in [-0.25, -0.2) is 0 Å². The average Bonchev–Trinajstić information content (AvgIpc) is 2.70. The minimum Gasteiger partial charge on any atom is -0.398 e. The highest BCUT2D eigenvalue weighted by molar-refractivity contribution is 5.67. The van der Waals surface area contributed by atoms with Gasteiger partial charge in [-0.3, -0.25) is 0 Å². The summed E-state index contributed by atoms with van der Waals surface area (Å²) in [6.07, 6.45) is 0. The standard InChI is InChI=1S/C15H17N3O/c1-15(2,19)12-8-10(4-6-13(12)17)14-7-5-11(9-16)18(14)3/h4-8,19H,17H2,1-3H3. The van der Waals surface area contributed by atoms with Crippen LogP contribution in [0.2, 0.25) is 0 Å². The fraction of sp³-hybridized carbons (Fsp3) is 0.267. The molecule has 1 heterocycles. The van der Waals surface area contributed by atoms with Gasteiger partial charge >= 0.3 is 0 Å². The van der Waals surface area contributed by atoms with Gasteiger partial charge in [0, 0.05) is 24.0 Å². The molecule has 19 heavy (non-hydrogen) atoms. The highest BCUT2D eigenvalue weighted by Gasteiger charge is 2.20. The van der Waals surface area contributed by atoms with Crippen molar-refractivity contribution in [3.05, 3.63) is 41.6 Å². The fourth-order valence-corrected chi connectivity index (χ4v) is 2.16. The Morgan fingerprint density at radius 1 is 1.26 bits per heavy atom. The molecule has 0 aliphatic heterocycles. The zero-order valence-corrected chi connectivity index (χ0v) is 11.3. The van der Waals surface area contributed by atoms with E-state index in [1.807, 2.05) is 29.8 Å². The number of nitrogens with two attached hydrogens (primary N) is 1. The second-order valence-electron chi connectivity index (χ2n) is 5.14. The lowest BCUT2D eigenvalue weighted by molar-refractivity contribution is 0.0794. The SMILES string of the molecule is Cn1c(C#N)ccc1-c1ccc(N)c(C(C)(C)O)c1. The third-order valence-corrected chi connectivity index (χ3v) is 3.24. The van der Waals surface area contributed by atoms with Gasteiger partial charge in [0.1, 0.15) is 11.8 Å². The first-order valence-electron chi connectivity index (χ1n) is 6.03. The van der Waals surface area contributed by atoms with Crippen LogP contribution in [0.15, 0.2) is 30.3 Å². The number of nitrogens with zero attached hydrogens (tertiary/aromatic N) is 2. The van der Waals surface area contributed by atoms with E-state index in [2.05, 4.69) is 6.07 Å². The van der Waals surface area contributed by atoms with Gasteiger partial charge in [0.25, 0.3) is 0 Å². The van der Waals surface area contributed by atoms with Crippen molar-refractivity contribution in [2.75, 3.05) is 5.73 Å². The predicted octanol–water partition coefficient (Wildman–Crippen LogP) is 2.37. The molecule has 0 amide bonds. The Morgan fingerprint density at radius 2 is 1.95 bits per heavy atom. The molecule has 1 aromatic carbocycles. The summed E-state index contributed by atoms with van der Waals surface area (Å²) in [7, 11) is 1.84. The Labute approximate surface area is 112 Å². The summed E-state index contributed by atoms with van der Waals surface area (Å²) in [5, 5.41) is 19.1. The summed E-state index contributed by atoms with van der Waals surface area (Å²) < 4.78 is 1.82. The summed E-state index contributed by atoms with van der Waals surface area (Å²) in [6, 6.07) is 11.3. The Bertz CT molecular complexity index is 657. The van der Waals surface area contributed by atoms with Crippen molar-refractivity contribution in [2.24, 2.45) is 7.05 Å². The van der Waals surface area contributed by atoms with Gasteiger partial charge in [-0.05, 0) is 43.7 Å². The zero-order chi connectivity index (χ0) is 14.2. The fourth-order valence-electron chi connectivity index (χ4n) is 2.16. The number of nitrogen functional groups attached to an aromatic ring is 1. The molecule has 2 rings (SSSR count). The van der Waals surface area contributed by atoms with Crippen LogP contribution in [0.5, 0.6) is 0 Å². The lowest BCUT2D eigenvalue weighted by Gasteiger charge is -2.21. The molecule has 0 atom stereocenters. The molecule has 0 bridgehead atoms. The normalized spacial score (nSPS) is 11.3. The van der Waals surface area contributed by atoms with E-state index in [1.165, 1.54) is 0 Å². The number of nitriles is 1. The van der Waals surface area contributed by atoms with E-state index in [0.717, 1.165) is 11.3 Å². The largest absolute Gasteiger partial charge is 0.398 e. The first kappa shape index (κ1) is 13.2. The van der Waals surface area contributed by atoms with Crippen LogP contribution in [-0.4, -0.2) is 9.67 Å². The molecule has 2 aromatic rings.